The number of nitro benzene ring substituents is 1. The minimum atomic E-state index is -0.571. The predicted molar refractivity (Wildman–Crippen MR) is 62.4 cm³/mol. The minimum Gasteiger partial charge on any atom is -0.496 e. The number of methoxy groups -OCH3 is 1. The maximum atomic E-state index is 11.3. The third-order valence-electron chi connectivity index (χ3n) is 1.85. The molecule has 80 valence electrons. The maximum Gasteiger partial charge on any atom is 0.281 e. The summed E-state index contributed by atoms with van der Waals surface area (Å²) >= 11 is 1.86. The van der Waals surface area contributed by atoms with E-state index in [9.17, 15) is 14.9 Å². The van der Waals surface area contributed by atoms with Crippen LogP contribution in [0.25, 0.3) is 0 Å². The summed E-state index contributed by atoms with van der Waals surface area (Å²) in [5, 5.41) is 10.7. The van der Waals surface area contributed by atoms with Gasteiger partial charge in [-0.3, -0.25) is 14.9 Å². The average molecular weight is 321 g/mol. The Morgan fingerprint density at radius 1 is 1.53 bits per heavy atom. The van der Waals surface area contributed by atoms with Crippen molar-refractivity contribution in [3.8, 4) is 5.75 Å². The first-order valence-corrected chi connectivity index (χ1v) is 5.08. The van der Waals surface area contributed by atoms with Crippen molar-refractivity contribution in [2.45, 2.75) is 6.92 Å². The number of rotatable bonds is 3. The van der Waals surface area contributed by atoms with Gasteiger partial charge >= 0.3 is 0 Å². The number of carbonyl (C=O) groups is 1. The fourth-order valence-corrected chi connectivity index (χ4v) is 2.25. The maximum absolute atomic E-state index is 11.3. The molecular weight excluding hydrogens is 313 g/mol. The van der Waals surface area contributed by atoms with Gasteiger partial charge in [0.1, 0.15) is 11.3 Å². The molecule has 0 saturated carbocycles. The van der Waals surface area contributed by atoms with Crippen molar-refractivity contribution in [3.05, 3.63) is 31.4 Å². The van der Waals surface area contributed by atoms with Gasteiger partial charge in [0.25, 0.3) is 5.69 Å². The fourth-order valence-electron chi connectivity index (χ4n) is 1.19. The molecule has 0 fully saturated rings. The number of hydrogen-bond donors (Lipinski definition) is 0. The van der Waals surface area contributed by atoms with Crippen LogP contribution in [-0.4, -0.2) is 17.8 Å². The Labute approximate surface area is 99.7 Å². The largest absolute Gasteiger partial charge is 0.496 e. The lowest BCUT2D eigenvalue weighted by molar-refractivity contribution is -0.385. The lowest BCUT2D eigenvalue weighted by atomic mass is 10.1. The molecule has 1 aromatic rings. The number of nitro groups is 1. The molecule has 0 heterocycles. The summed E-state index contributed by atoms with van der Waals surface area (Å²) in [5.74, 6) is 0.122. The summed E-state index contributed by atoms with van der Waals surface area (Å²) in [5.41, 5.74) is -0.0901. The summed E-state index contributed by atoms with van der Waals surface area (Å²) in [6, 6.07) is 2.75. The Balaban J connectivity index is 3.51. The third-order valence-corrected chi connectivity index (χ3v) is 2.92. The van der Waals surface area contributed by atoms with Crippen molar-refractivity contribution in [3.63, 3.8) is 0 Å². The molecule has 6 heteroatoms. The lowest BCUT2D eigenvalue weighted by Crippen LogP contribution is -2.04. The summed E-state index contributed by atoms with van der Waals surface area (Å²) in [7, 11) is 1.45. The number of halogens is 1. The van der Waals surface area contributed by atoms with Crippen molar-refractivity contribution < 1.29 is 14.5 Å². The van der Waals surface area contributed by atoms with Crippen LogP contribution in [0.15, 0.2) is 12.1 Å². The van der Waals surface area contributed by atoms with Gasteiger partial charge in [-0.2, -0.15) is 0 Å². The van der Waals surface area contributed by atoms with Gasteiger partial charge in [0, 0.05) is 6.07 Å². The van der Waals surface area contributed by atoms with E-state index in [1.54, 1.807) is 0 Å². The number of ketones is 1. The van der Waals surface area contributed by atoms with Crippen molar-refractivity contribution in [2.75, 3.05) is 7.11 Å². The van der Waals surface area contributed by atoms with E-state index in [2.05, 4.69) is 0 Å². The summed E-state index contributed by atoms with van der Waals surface area (Å²) < 4.78 is 5.46. The van der Waals surface area contributed by atoms with Crippen LogP contribution in [0, 0.1) is 13.7 Å². The van der Waals surface area contributed by atoms with Crippen molar-refractivity contribution >= 4 is 34.1 Å². The van der Waals surface area contributed by atoms with Crippen LogP contribution in [0.3, 0.4) is 0 Å². The lowest BCUT2D eigenvalue weighted by Gasteiger charge is -2.06. The molecule has 5 nitrogen and oxygen atoms in total. The van der Waals surface area contributed by atoms with Crippen LogP contribution in [-0.2, 0) is 0 Å². The number of carbonyl (C=O) groups excluding carboxylic acids is 1. The normalized spacial score (nSPS) is 9.80. The van der Waals surface area contributed by atoms with Gasteiger partial charge in [-0.15, -0.1) is 0 Å². The second-order valence-electron chi connectivity index (χ2n) is 2.79. The molecule has 0 aliphatic rings. The Hall–Kier alpha value is -1.18. The average Bonchev–Trinajstić information content (AvgIpc) is 2.16. The smallest absolute Gasteiger partial charge is 0.281 e. The number of Topliss-reactive ketones (excluding diaryl/α,β-unsaturated/α-hetero) is 1. The molecule has 0 amide bonds. The first-order chi connectivity index (χ1) is 6.99. The van der Waals surface area contributed by atoms with Gasteiger partial charge in [0.05, 0.1) is 15.6 Å². The number of benzene rings is 1. The molecule has 0 atom stereocenters. The molecule has 0 N–H and O–H groups in total. The molecule has 0 spiro atoms. The summed E-state index contributed by atoms with van der Waals surface area (Å²) in [6.07, 6.45) is 0. The highest BCUT2D eigenvalue weighted by atomic mass is 127. The Bertz CT molecular complexity index is 430. The topological polar surface area (TPSA) is 69.4 Å². The Kier molecular flexibility index (Phi) is 3.61. The van der Waals surface area contributed by atoms with E-state index in [-0.39, 0.29) is 17.0 Å². The summed E-state index contributed by atoms with van der Waals surface area (Å²) in [4.78, 5) is 21.4. The van der Waals surface area contributed by atoms with Crippen LogP contribution in [0.4, 0.5) is 5.69 Å². The Morgan fingerprint density at radius 3 is 2.53 bits per heavy atom. The predicted octanol–water partition coefficient (Wildman–Crippen LogP) is 2.41. The van der Waals surface area contributed by atoms with E-state index >= 15 is 0 Å². The van der Waals surface area contributed by atoms with Crippen LogP contribution in [0.1, 0.15) is 17.3 Å². The first-order valence-electron chi connectivity index (χ1n) is 4.00. The van der Waals surface area contributed by atoms with E-state index in [1.165, 1.54) is 26.2 Å². The SMILES string of the molecule is COc1ccc([N+](=O)[O-])c(C(C)=O)c1I. The molecule has 1 rings (SSSR count). The number of nitrogens with zero attached hydrogens (tertiary/aromatic N) is 1. The van der Waals surface area contributed by atoms with E-state index in [0.29, 0.717) is 9.32 Å². The third kappa shape index (κ3) is 2.25. The van der Waals surface area contributed by atoms with Gasteiger partial charge in [0.2, 0.25) is 0 Å². The minimum absolute atomic E-state index is 0.0972. The molecular formula is C9H8INO4. The first kappa shape index (κ1) is 11.9. The number of ether oxygens (including phenoxy) is 1. The zero-order valence-corrected chi connectivity index (χ0v) is 10.3. The van der Waals surface area contributed by atoms with Gasteiger partial charge in [0.15, 0.2) is 5.78 Å². The molecule has 0 radical (unpaired) electrons. The highest BCUT2D eigenvalue weighted by Gasteiger charge is 2.22. The highest BCUT2D eigenvalue weighted by Crippen LogP contribution is 2.31. The van der Waals surface area contributed by atoms with Crippen molar-refractivity contribution in [2.24, 2.45) is 0 Å². The molecule has 0 aliphatic carbocycles. The van der Waals surface area contributed by atoms with Crippen molar-refractivity contribution in [1.82, 2.24) is 0 Å². The second kappa shape index (κ2) is 4.56. The molecule has 0 unspecified atom stereocenters. The van der Waals surface area contributed by atoms with Gasteiger partial charge < -0.3 is 4.74 Å². The van der Waals surface area contributed by atoms with Crippen LogP contribution < -0.4 is 4.74 Å². The molecule has 1 aromatic carbocycles. The summed E-state index contributed by atoms with van der Waals surface area (Å²) in [6.45, 7) is 1.30. The Morgan fingerprint density at radius 2 is 2.13 bits per heavy atom. The standard InChI is InChI=1S/C9H8INO4/c1-5(12)8-6(11(13)14)3-4-7(15-2)9(8)10/h3-4H,1-2H3. The molecule has 0 aliphatic heterocycles. The van der Waals surface area contributed by atoms with E-state index in [4.69, 9.17) is 4.74 Å². The fraction of sp³-hybridized carbons (Fsp3) is 0.222. The van der Waals surface area contributed by atoms with E-state index < -0.39 is 4.92 Å². The number of hydrogen-bond acceptors (Lipinski definition) is 4. The molecule has 0 aromatic heterocycles. The van der Waals surface area contributed by atoms with Crippen LogP contribution in [0.5, 0.6) is 5.75 Å². The second-order valence-corrected chi connectivity index (χ2v) is 3.87. The van der Waals surface area contributed by atoms with Gasteiger partial charge in [-0.05, 0) is 35.6 Å². The van der Waals surface area contributed by atoms with Gasteiger partial charge in [-0.1, -0.05) is 0 Å². The quantitative estimate of drug-likeness (QED) is 0.371. The van der Waals surface area contributed by atoms with E-state index in [0.717, 1.165) is 0 Å². The van der Waals surface area contributed by atoms with Crippen molar-refractivity contribution in [1.29, 1.82) is 0 Å². The van der Waals surface area contributed by atoms with Crippen LogP contribution in [0.2, 0.25) is 0 Å². The zero-order chi connectivity index (χ0) is 11.6. The molecule has 15 heavy (non-hydrogen) atoms. The zero-order valence-electron chi connectivity index (χ0n) is 8.11. The molecule has 0 bridgehead atoms. The van der Waals surface area contributed by atoms with Crippen LogP contribution >= 0.6 is 22.6 Å². The molecule has 0 saturated heterocycles. The monoisotopic (exact) mass is 321 g/mol. The highest BCUT2D eigenvalue weighted by molar-refractivity contribution is 14.1. The van der Waals surface area contributed by atoms with E-state index in [1.807, 2.05) is 22.6 Å². The van der Waals surface area contributed by atoms with Gasteiger partial charge in [-0.25, -0.2) is 0 Å².